The van der Waals surface area contributed by atoms with E-state index in [0.29, 0.717) is 6.61 Å². The van der Waals surface area contributed by atoms with Gasteiger partial charge in [0.2, 0.25) is 0 Å². The lowest BCUT2D eigenvalue weighted by Crippen LogP contribution is -1.92. The van der Waals surface area contributed by atoms with Crippen molar-refractivity contribution in [3.63, 3.8) is 0 Å². The van der Waals surface area contributed by atoms with Gasteiger partial charge in [-0.2, -0.15) is 0 Å². The number of thiophene rings is 1. The average Bonchev–Trinajstić information content (AvgIpc) is 2.39. The highest BCUT2D eigenvalue weighted by molar-refractivity contribution is 9.12. The monoisotopic (exact) mass is 324 g/mol. The lowest BCUT2D eigenvalue weighted by molar-refractivity contribution is 0.125. The van der Waals surface area contributed by atoms with E-state index in [1.54, 1.807) is 11.3 Å². The van der Waals surface area contributed by atoms with E-state index < -0.39 is 0 Å². The molecule has 13 heavy (non-hydrogen) atoms. The number of rotatable bonds is 5. The van der Waals surface area contributed by atoms with Crippen molar-refractivity contribution in [2.45, 2.75) is 13.0 Å². The first-order valence-corrected chi connectivity index (χ1v) is 6.26. The lowest BCUT2D eigenvalue weighted by Gasteiger charge is -2.00. The van der Waals surface area contributed by atoms with Crippen LogP contribution in [0.4, 0.5) is 0 Å². The molecule has 0 saturated heterocycles. The minimum Gasteiger partial charge on any atom is -0.376 e. The standard InChI is InChI=1S/C9H10Br2OS/c1-2-3-4-12-6-7-5-8(10)13-9(7)11/h2,5H,1,3-4,6H2. The molecule has 0 fully saturated rings. The molecule has 1 aromatic heterocycles. The largest absolute Gasteiger partial charge is 0.376 e. The first kappa shape index (κ1) is 11.4. The fourth-order valence-electron chi connectivity index (χ4n) is 0.822. The normalized spacial score (nSPS) is 10.3. The summed E-state index contributed by atoms with van der Waals surface area (Å²) in [5.74, 6) is 0. The van der Waals surface area contributed by atoms with Crippen molar-refractivity contribution >= 4 is 43.2 Å². The topological polar surface area (TPSA) is 9.23 Å². The van der Waals surface area contributed by atoms with Crippen LogP contribution < -0.4 is 0 Å². The molecular formula is C9H10Br2OS. The third-order valence-corrected chi connectivity index (χ3v) is 3.91. The molecule has 1 heterocycles. The molecule has 0 unspecified atom stereocenters. The predicted octanol–water partition coefficient (Wildman–Crippen LogP) is 4.37. The zero-order valence-electron chi connectivity index (χ0n) is 7.06. The van der Waals surface area contributed by atoms with Gasteiger partial charge in [0.25, 0.3) is 0 Å². The van der Waals surface area contributed by atoms with Gasteiger partial charge in [0.15, 0.2) is 0 Å². The number of hydrogen-bond donors (Lipinski definition) is 0. The molecule has 72 valence electrons. The van der Waals surface area contributed by atoms with Crippen LogP contribution in [0, 0.1) is 0 Å². The molecule has 0 spiro atoms. The Bertz CT molecular complexity index is 283. The van der Waals surface area contributed by atoms with Crippen molar-refractivity contribution in [2.75, 3.05) is 6.61 Å². The van der Waals surface area contributed by atoms with Crippen LogP contribution in [-0.2, 0) is 11.3 Å². The summed E-state index contributed by atoms with van der Waals surface area (Å²) in [4.78, 5) is 0. The van der Waals surface area contributed by atoms with Crippen LogP contribution in [0.15, 0.2) is 26.3 Å². The van der Waals surface area contributed by atoms with E-state index in [0.717, 1.165) is 20.6 Å². The first-order valence-electron chi connectivity index (χ1n) is 3.86. The van der Waals surface area contributed by atoms with Gasteiger partial charge in [-0.15, -0.1) is 17.9 Å². The molecule has 0 N–H and O–H groups in total. The predicted molar refractivity (Wildman–Crippen MR) is 64.2 cm³/mol. The summed E-state index contributed by atoms with van der Waals surface area (Å²) >= 11 is 8.56. The van der Waals surface area contributed by atoms with Crippen LogP contribution in [0.2, 0.25) is 0 Å². The average molecular weight is 326 g/mol. The van der Waals surface area contributed by atoms with E-state index in [2.05, 4.69) is 44.5 Å². The molecule has 0 aromatic carbocycles. The molecular weight excluding hydrogens is 316 g/mol. The number of halogens is 2. The van der Waals surface area contributed by atoms with Gasteiger partial charge in [-0.05, 0) is 44.3 Å². The maximum Gasteiger partial charge on any atom is 0.0765 e. The SMILES string of the molecule is C=CCCOCc1cc(Br)sc1Br. The molecule has 0 bridgehead atoms. The fraction of sp³-hybridized carbons (Fsp3) is 0.333. The molecule has 1 rings (SSSR count). The van der Waals surface area contributed by atoms with E-state index in [1.165, 1.54) is 5.56 Å². The Hall–Kier alpha value is 0.360. The van der Waals surface area contributed by atoms with Crippen LogP contribution in [0.3, 0.4) is 0 Å². The summed E-state index contributed by atoms with van der Waals surface area (Å²) in [5.41, 5.74) is 1.20. The van der Waals surface area contributed by atoms with E-state index in [9.17, 15) is 0 Å². The Morgan fingerprint density at radius 2 is 2.31 bits per heavy atom. The third kappa shape index (κ3) is 3.94. The number of hydrogen-bond acceptors (Lipinski definition) is 2. The lowest BCUT2D eigenvalue weighted by atomic mass is 10.4. The smallest absolute Gasteiger partial charge is 0.0765 e. The minimum atomic E-state index is 0.663. The fourth-order valence-corrected chi connectivity index (χ4v) is 3.61. The molecule has 0 amide bonds. The van der Waals surface area contributed by atoms with Gasteiger partial charge in [-0.3, -0.25) is 0 Å². The zero-order chi connectivity index (χ0) is 9.68. The summed E-state index contributed by atoms with van der Waals surface area (Å²) < 4.78 is 7.70. The van der Waals surface area contributed by atoms with Gasteiger partial charge in [0, 0.05) is 5.56 Å². The van der Waals surface area contributed by atoms with Crippen LogP contribution >= 0.6 is 43.2 Å². The van der Waals surface area contributed by atoms with E-state index in [4.69, 9.17) is 4.74 Å². The second kappa shape index (κ2) is 5.96. The van der Waals surface area contributed by atoms with E-state index in [1.807, 2.05) is 6.08 Å². The van der Waals surface area contributed by atoms with Crippen molar-refractivity contribution in [3.8, 4) is 0 Å². The molecule has 0 aliphatic heterocycles. The van der Waals surface area contributed by atoms with Crippen LogP contribution in [0.25, 0.3) is 0 Å². The van der Waals surface area contributed by atoms with Gasteiger partial charge >= 0.3 is 0 Å². The highest BCUT2D eigenvalue weighted by Gasteiger charge is 2.04. The molecule has 1 aromatic rings. The quantitative estimate of drug-likeness (QED) is 0.577. The molecule has 0 atom stereocenters. The second-order valence-corrected chi connectivity index (χ2v) is 6.23. The maximum absolute atomic E-state index is 5.44. The zero-order valence-corrected chi connectivity index (χ0v) is 11.0. The van der Waals surface area contributed by atoms with Crippen LogP contribution in [0.5, 0.6) is 0 Å². The summed E-state index contributed by atoms with van der Waals surface area (Å²) in [7, 11) is 0. The van der Waals surface area contributed by atoms with E-state index in [-0.39, 0.29) is 0 Å². The van der Waals surface area contributed by atoms with Gasteiger partial charge in [-0.25, -0.2) is 0 Å². The van der Waals surface area contributed by atoms with Crippen molar-refractivity contribution in [3.05, 3.63) is 31.9 Å². The highest BCUT2D eigenvalue weighted by atomic mass is 79.9. The molecule has 1 nitrogen and oxygen atoms in total. The van der Waals surface area contributed by atoms with Crippen molar-refractivity contribution in [1.29, 1.82) is 0 Å². The summed E-state index contributed by atoms with van der Waals surface area (Å²) in [5, 5.41) is 0. The molecule has 0 aliphatic carbocycles. The van der Waals surface area contributed by atoms with Crippen LogP contribution in [0.1, 0.15) is 12.0 Å². The van der Waals surface area contributed by atoms with Crippen molar-refractivity contribution < 1.29 is 4.74 Å². The molecule has 4 heteroatoms. The molecule has 0 saturated carbocycles. The third-order valence-electron chi connectivity index (χ3n) is 1.45. The molecule has 0 aliphatic rings. The summed E-state index contributed by atoms with van der Waals surface area (Å²) in [6, 6.07) is 2.07. The molecule has 0 radical (unpaired) electrons. The first-order chi connectivity index (χ1) is 6.24. The second-order valence-electron chi connectivity index (χ2n) is 2.48. The van der Waals surface area contributed by atoms with Gasteiger partial charge in [0.05, 0.1) is 20.8 Å². The van der Waals surface area contributed by atoms with Crippen molar-refractivity contribution in [2.24, 2.45) is 0 Å². The Balaban J connectivity index is 2.36. The Labute approximate surface area is 99.1 Å². The van der Waals surface area contributed by atoms with Crippen LogP contribution in [-0.4, -0.2) is 6.61 Å². The van der Waals surface area contributed by atoms with Gasteiger partial charge in [-0.1, -0.05) is 6.08 Å². The van der Waals surface area contributed by atoms with E-state index >= 15 is 0 Å². The maximum atomic E-state index is 5.44. The van der Waals surface area contributed by atoms with Gasteiger partial charge < -0.3 is 4.74 Å². The Kier molecular flexibility index (Phi) is 5.24. The minimum absolute atomic E-state index is 0.663. The summed E-state index contributed by atoms with van der Waals surface area (Å²) in [6.45, 7) is 5.03. The summed E-state index contributed by atoms with van der Waals surface area (Å²) in [6.07, 6.45) is 2.77. The van der Waals surface area contributed by atoms with Crippen molar-refractivity contribution in [1.82, 2.24) is 0 Å². The highest BCUT2D eigenvalue weighted by Crippen LogP contribution is 2.32. The van der Waals surface area contributed by atoms with Gasteiger partial charge in [0.1, 0.15) is 0 Å². The number of ether oxygens (including phenoxy) is 1. The Morgan fingerprint density at radius 1 is 1.54 bits per heavy atom. The Morgan fingerprint density at radius 3 is 2.85 bits per heavy atom.